The van der Waals surface area contributed by atoms with Crippen LogP contribution in [0.1, 0.15) is 23.1 Å². The Morgan fingerprint density at radius 3 is 2.50 bits per heavy atom. The first kappa shape index (κ1) is 14.5. The zero-order valence-electron chi connectivity index (χ0n) is 11.8. The lowest BCUT2D eigenvalue weighted by molar-refractivity contribution is -0.137. The van der Waals surface area contributed by atoms with Crippen molar-refractivity contribution in [2.24, 2.45) is 0 Å². The molecule has 0 unspecified atom stereocenters. The lowest BCUT2D eigenvalue weighted by atomic mass is 9.99. The zero-order chi connectivity index (χ0) is 14.9. The van der Waals surface area contributed by atoms with E-state index in [1.165, 1.54) is 5.56 Å². The van der Waals surface area contributed by atoms with Gasteiger partial charge in [0.05, 0.1) is 12.1 Å². The van der Waals surface area contributed by atoms with Crippen molar-refractivity contribution in [2.45, 2.75) is 33.7 Å². The third-order valence-electron chi connectivity index (χ3n) is 3.45. The van der Waals surface area contributed by atoms with Crippen molar-refractivity contribution < 1.29 is 9.90 Å². The largest absolute Gasteiger partial charge is 0.481 e. The summed E-state index contributed by atoms with van der Waals surface area (Å²) in [6.07, 6.45) is -0.0481. The van der Waals surface area contributed by atoms with Crippen LogP contribution >= 0.6 is 11.3 Å². The van der Waals surface area contributed by atoms with E-state index in [0.29, 0.717) is 0 Å². The first-order valence-electron chi connectivity index (χ1n) is 6.38. The molecule has 0 aliphatic rings. The molecule has 1 aromatic heterocycles. The highest BCUT2D eigenvalue weighted by Gasteiger charge is 2.13. The summed E-state index contributed by atoms with van der Waals surface area (Å²) in [7, 11) is 0. The van der Waals surface area contributed by atoms with Crippen molar-refractivity contribution in [3.8, 4) is 11.3 Å². The highest BCUT2D eigenvalue weighted by molar-refractivity contribution is 7.07. The van der Waals surface area contributed by atoms with Gasteiger partial charge in [0.2, 0.25) is 0 Å². The molecule has 0 saturated heterocycles. The van der Waals surface area contributed by atoms with Crippen LogP contribution in [0.25, 0.3) is 11.3 Å². The van der Waals surface area contributed by atoms with Crippen molar-refractivity contribution in [3.63, 3.8) is 0 Å². The van der Waals surface area contributed by atoms with Crippen LogP contribution in [-0.2, 0) is 11.3 Å². The molecular weight excluding hydrogens is 274 g/mol. The topological polar surface area (TPSA) is 59.3 Å². The Morgan fingerprint density at radius 1 is 1.20 bits per heavy atom. The van der Waals surface area contributed by atoms with Crippen LogP contribution in [0.5, 0.6) is 0 Å². The molecule has 20 heavy (non-hydrogen) atoms. The molecule has 4 nitrogen and oxygen atoms in total. The lowest BCUT2D eigenvalue weighted by Crippen LogP contribution is -2.16. The van der Waals surface area contributed by atoms with Gasteiger partial charge < -0.3 is 5.11 Å². The highest BCUT2D eigenvalue weighted by Crippen LogP contribution is 2.27. The molecule has 5 heteroatoms. The Balaban J connectivity index is 2.51. The van der Waals surface area contributed by atoms with E-state index in [9.17, 15) is 9.59 Å². The van der Waals surface area contributed by atoms with Crippen molar-refractivity contribution in [3.05, 3.63) is 43.9 Å². The molecule has 0 saturated carbocycles. The second-order valence-electron chi connectivity index (χ2n) is 4.93. The first-order valence-corrected chi connectivity index (χ1v) is 7.26. The Labute approximate surface area is 121 Å². The summed E-state index contributed by atoms with van der Waals surface area (Å²) in [6, 6.07) is 4.15. The van der Waals surface area contributed by atoms with Gasteiger partial charge in [-0.2, -0.15) is 0 Å². The van der Waals surface area contributed by atoms with E-state index in [1.807, 2.05) is 13.8 Å². The third-order valence-corrected chi connectivity index (χ3v) is 4.21. The van der Waals surface area contributed by atoms with Crippen LogP contribution in [0.4, 0.5) is 0 Å². The summed E-state index contributed by atoms with van der Waals surface area (Å²) >= 11 is 1.11. The molecule has 0 aliphatic heterocycles. The van der Waals surface area contributed by atoms with Gasteiger partial charge in [0.25, 0.3) is 0 Å². The van der Waals surface area contributed by atoms with Gasteiger partial charge in [-0.3, -0.25) is 14.2 Å². The number of benzene rings is 1. The molecule has 0 atom stereocenters. The standard InChI is InChI=1S/C15H17NO3S/c1-9-6-11(3)12(7-10(9)2)13-8-20-15(19)16(13)5-4-14(17)18/h6-8H,4-5H2,1-3H3,(H,17,18). The Hall–Kier alpha value is -1.88. The van der Waals surface area contributed by atoms with Crippen LogP contribution in [-0.4, -0.2) is 15.6 Å². The van der Waals surface area contributed by atoms with Crippen molar-refractivity contribution >= 4 is 17.3 Å². The summed E-state index contributed by atoms with van der Waals surface area (Å²) in [5.41, 5.74) is 5.27. The molecule has 106 valence electrons. The predicted molar refractivity (Wildman–Crippen MR) is 80.5 cm³/mol. The number of carbonyl (C=O) groups is 1. The van der Waals surface area contributed by atoms with Gasteiger partial charge in [0.15, 0.2) is 0 Å². The number of thiazole rings is 1. The summed E-state index contributed by atoms with van der Waals surface area (Å²) in [5.74, 6) is -0.897. The van der Waals surface area contributed by atoms with E-state index >= 15 is 0 Å². The van der Waals surface area contributed by atoms with Crippen molar-refractivity contribution in [1.29, 1.82) is 0 Å². The van der Waals surface area contributed by atoms with Crippen molar-refractivity contribution in [2.75, 3.05) is 0 Å². The molecule has 0 spiro atoms. The molecule has 0 amide bonds. The maximum absolute atomic E-state index is 11.9. The summed E-state index contributed by atoms with van der Waals surface area (Å²) < 4.78 is 1.55. The Morgan fingerprint density at radius 2 is 1.85 bits per heavy atom. The van der Waals surface area contributed by atoms with E-state index in [0.717, 1.165) is 33.7 Å². The van der Waals surface area contributed by atoms with Crippen molar-refractivity contribution in [1.82, 2.24) is 4.57 Å². The highest BCUT2D eigenvalue weighted by atomic mass is 32.1. The average molecular weight is 291 g/mol. The molecule has 1 heterocycles. The zero-order valence-corrected chi connectivity index (χ0v) is 12.6. The van der Waals surface area contributed by atoms with Crippen LogP contribution in [0.15, 0.2) is 22.3 Å². The minimum absolute atomic E-state index is 0.0481. The Bertz CT molecular complexity index is 712. The second kappa shape index (κ2) is 5.63. The number of hydrogen-bond donors (Lipinski definition) is 1. The molecule has 1 aromatic carbocycles. The third kappa shape index (κ3) is 2.82. The predicted octanol–water partition coefficient (Wildman–Crippen LogP) is 2.98. The molecular formula is C15H17NO3S. The number of carboxylic acid groups (broad SMARTS) is 1. The minimum Gasteiger partial charge on any atom is -0.481 e. The SMILES string of the molecule is Cc1cc(C)c(-c2csc(=O)n2CCC(=O)O)cc1C. The molecule has 0 fully saturated rings. The van der Waals surface area contributed by atoms with E-state index in [4.69, 9.17) is 5.11 Å². The van der Waals surface area contributed by atoms with Crippen LogP contribution in [0.2, 0.25) is 0 Å². The quantitative estimate of drug-likeness (QED) is 0.942. The van der Waals surface area contributed by atoms with Gasteiger partial charge in [0, 0.05) is 17.5 Å². The van der Waals surface area contributed by atoms with Gasteiger partial charge in [-0.05, 0) is 43.5 Å². The molecule has 2 aromatic rings. The molecule has 0 bridgehead atoms. The van der Waals surface area contributed by atoms with E-state index in [1.54, 1.807) is 9.95 Å². The van der Waals surface area contributed by atoms with Gasteiger partial charge in [-0.15, -0.1) is 0 Å². The fraction of sp³-hybridized carbons (Fsp3) is 0.333. The number of aryl methyl sites for hydroxylation is 3. The summed E-state index contributed by atoms with van der Waals surface area (Å²) in [6.45, 7) is 6.30. The monoisotopic (exact) mass is 291 g/mol. The summed E-state index contributed by atoms with van der Waals surface area (Å²) in [5, 5.41) is 10.6. The van der Waals surface area contributed by atoms with Gasteiger partial charge in [-0.1, -0.05) is 17.4 Å². The van der Waals surface area contributed by atoms with E-state index < -0.39 is 5.97 Å². The number of hydrogen-bond acceptors (Lipinski definition) is 3. The number of nitrogens with zero attached hydrogens (tertiary/aromatic N) is 1. The molecule has 0 aliphatic carbocycles. The lowest BCUT2D eigenvalue weighted by Gasteiger charge is -2.12. The van der Waals surface area contributed by atoms with Crippen LogP contribution < -0.4 is 4.87 Å². The first-order chi connectivity index (χ1) is 9.40. The maximum atomic E-state index is 11.9. The Kier molecular flexibility index (Phi) is 4.09. The van der Waals surface area contributed by atoms with Gasteiger partial charge in [-0.25, -0.2) is 0 Å². The number of aliphatic carboxylic acids is 1. The maximum Gasteiger partial charge on any atom is 0.307 e. The van der Waals surface area contributed by atoms with Crippen LogP contribution in [0, 0.1) is 20.8 Å². The van der Waals surface area contributed by atoms with Gasteiger partial charge in [0.1, 0.15) is 0 Å². The van der Waals surface area contributed by atoms with E-state index in [-0.39, 0.29) is 17.8 Å². The number of carboxylic acids is 1. The molecule has 1 N–H and O–H groups in total. The molecule has 0 radical (unpaired) electrons. The minimum atomic E-state index is -0.897. The molecule has 2 rings (SSSR count). The number of aromatic nitrogens is 1. The average Bonchev–Trinajstić information content (AvgIpc) is 2.72. The fourth-order valence-electron chi connectivity index (χ4n) is 2.20. The summed E-state index contributed by atoms with van der Waals surface area (Å²) in [4.78, 5) is 22.5. The van der Waals surface area contributed by atoms with E-state index in [2.05, 4.69) is 19.1 Å². The van der Waals surface area contributed by atoms with Gasteiger partial charge >= 0.3 is 10.8 Å². The second-order valence-corrected chi connectivity index (χ2v) is 5.75. The normalized spacial score (nSPS) is 10.8. The number of rotatable bonds is 4. The fourth-order valence-corrected chi connectivity index (χ4v) is 2.98. The smallest absolute Gasteiger partial charge is 0.307 e. The van der Waals surface area contributed by atoms with Crippen LogP contribution in [0.3, 0.4) is 0 Å².